The Bertz CT molecular complexity index is 591. The van der Waals surface area contributed by atoms with Gasteiger partial charge in [-0.05, 0) is 57.7 Å². The lowest BCUT2D eigenvalue weighted by molar-refractivity contribution is 0.112. The maximum absolute atomic E-state index is 10.7. The molecule has 98 valence electrons. The number of carbonyl (C=O) groups excluding carboxylic acids is 1. The number of carbonyl (C=O) groups is 1. The summed E-state index contributed by atoms with van der Waals surface area (Å²) in [5, 5.41) is 0. The molecule has 0 amide bonds. The number of ether oxygens (including phenoxy) is 1. The summed E-state index contributed by atoms with van der Waals surface area (Å²) in [4.78, 5) is 10.7. The van der Waals surface area contributed by atoms with E-state index in [0.29, 0.717) is 17.2 Å². The van der Waals surface area contributed by atoms with E-state index in [9.17, 15) is 4.79 Å². The lowest BCUT2D eigenvalue weighted by atomic mass is 10.0. The molecule has 19 heavy (non-hydrogen) atoms. The van der Waals surface area contributed by atoms with Crippen LogP contribution in [0, 0.1) is 0 Å². The molecule has 0 saturated heterocycles. The number of hydrogen-bond acceptors (Lipinski definition) is 2. The van der Waals surface area contributed by atoms with Gasteiger partial charge in [-0.3, -0.25) is 4.79 Å². The zero-order valence-electron chi connectivity index (χ0n) is 10.9. The summed E-state index contributed by atoms with van der Waals surface area (Å²) in [6.07, 6.45) is 0.813. The van der Waals surface area contributed by atoms with E-state index >= 15 is 0 Å². The van der Waals surface area contributed by atoms with Gasteiger partial charge in [-0.2, -0.15) is 0 Å². The third kappa shape index (κ3) is 3.44. The van der Waals surface area contributed by atoms with Crippen molar-refractivity contribution in [3.05, 3.63) is 58.1 Å². The zero-order chi connectivity index (χ0) is 13.8. The van der Waals surface area contributed by atoms with Gasteiger partial charge in [0, 0.05) is 5.56 Å². The average Bonchev–Trinajstić information content (AvgIpc) is 2.41. The van der Waals surface area contributed by atoms with Gasteiger partial charge in [0.2, 0.25) is 0 Å². The van der Waals surface area contributed by atoms with Crippen LogP contribution in [0.1, 0.15) is 35.7 Å². The molecular formula is C16H15BrO2. The second-order valence-electron chi connectivity index (χ2n) is 4.64. The summed E-state index contributed by atoms with van der Waals surface area (Å²) in [5.74, 6) is 1.96. The SMILES string of the molecule is CC(C)c1cccc(Oc2ccc(C=O)cc2Br)c1. The van der Waals surface area contributed by atoms with E-state index in [0.717, 1.165) is 16.5 Å². The molecule has 0 saturated carbocycles. The van der Waals surface area contributed by atoms with Gasteiger partial charge in [0.1, 0.15) is 17.8 Å². The quantitative estimate of drug-likeness (QED) is 0.726. The molecule has 0 unspecified atom stereocenters. The van der Waals surface area contributed by atoms with Gasteiger partial charge >= 0.3 is 0 Å². The Labute approximate surface area is 121 Å². The Balaban J connectivity index is 2.26. The highest BCUT2D eigenvalue weighted by Crippen LogP contribution is 2.31. The molecule has 2 aromatic rings. The lowest BCUT2D eigenvalue weighted by Gasteiger charge is -2.11. The maximum Gasteiger partial charge on any atom is 0.150 e. The topological polar surface area (TPSA) is 26.3 Å². The van der Waals surface area contributed by atoms with Crippen LogP contribution in [-0.2, 0) is 0 Å². The first kappa shape index (κ1) is 13.8. The monoisotopic (exact) mass is 318 g/mol. The average molecular weight is 319 g/mol. The van der Waals surface area contributed by atoms with Gasteiger partial charge in [-0.1, -0.05) is 26.0 Å². The molecule has 0 heterocycles. The van der Waals surface area contributed by atoms with Crippen molar-refractivity contribution in [1.29, 1.82) is 0 Å². The van der Waals surface area contributed by atoms with Crippen molar-refractivity contribution in [3.63, 3.8) is 0 Å². The predicted octanol–water partition coefficient (Wildman–Crippen LogP) is 5.18. The van der Waals surface area contributed by atoms with E-state index in [1.54, 1.807) is 18.2 Å². The summed E-state index contributed by atoms with van der Waals surface area (Å²) in [6.45, 7) is 4.29. The number of halogens is 1. The normalized spacial score (nSPS) is 10.5. The van der Waals surface area contributed by atoms with Crippen molar-refractivity contribution in [3.8, 4) is 11.5 Å². The highest BCUT2D eigenvalue weighted by Gasteiger charge is 2.06. The van der Waals surface area contributed by atoms with Gasteiger partial charge < -0.3 is 4.74 Å². The molecular weight excluding hydrogens is 304 g/mol. The fraction of sp³-hybridized carbons (Fsp3) is 0.188. The van der Waals surface area contributed by atoms with E-state index < -0.39 is 0 Å². The Hall–Kier alpha value is -1.61. The molecule has 0 aliphatic heterocycles. The highest BCUT2D eigenvalue weighted by molar-refractivity contribution is 9.10. The van der Waals surface area contributed by atoms with Crippen molar-refractivity contribution in [2.75, 3.05) is 0 Å². The summed E-state index contributed by atoms with van der Waals surface area (Å²) in [5.41, 5.74) is 1.85. The van der Waals surface area contributed by atoms with E-state index in [2.05, 4.69) is 35.8 Å². The molecule has 0 fully saturated rings. The highest BCUT2D eigenvalue weighted by atomic mass is 79.9. The first-order chi connectivity index (χ1) is 9.10. The summed E-state index contributed by atoms with van der Waals surface area (Å²) in [7, 11) is 0. The van der Waals surface area contributed by atoms with Gasteiger partial charge in [0.15, 0.2) is 0 Å². The van der Waals surface area contributed by atoms with Gasteiger partial charge in [-0.15, -0.1) is 0 Å². The summed E-state index contributed by atoms with van der Waals surface area (Å²) >= 11 is 3.41. The van der Waals surface area contributed by atoms with Crippen molar-refractivity contribution >= 4 is 22.2 Å². The van der Waals surface area contributed by atoms with Crippen LogP contribution in [0.4, 0.5) is 0 Å². The number of rotatable bonds is 4. The summed E-state index contributed by atoms with van der Waals surface area (Å²) in [6, 6.07) is 13.3. The Kier molecular flexibility index (Phi) is 4.38. The van der Waals surface area contributed by atoms with Crippen LogP contribution in [0.2, 0.25) is 0 Å². The smallest absolute Gasteiger partial charge is 0.150 e. The molecule has 2 rings (SSSR count). The maximum atomic E-state index is 10.7. The molecule has 0 aliphatic rings. The number of hydrogen-bond donors (Lipinski definition) is 0. The van der Waals surface area contributed by atoms with Crippen molar-refractivity contribution in [2.45, 2.75) is 19.8 Å². The second-order valence-corrected chi connectivity index (χ2v) is 5.49. The van der Waals surface area contributed by atoms with E-state index in [1.165, 1.54) is 5.56 Å². The number of benzene rings is 2. The molecule has 0 atom stereocenters. The molecule has 0 aromatic heterocycles. The first-order valence-electron chi connectivity index (χ1n) is 6.12. The van der Waals surface area contributed by atoms with Gasteiger partial charge in [0.25, 0.3) is 0 Å². The minimum Gasteiger partial charge on any atom is -0.456 e. The van der Waals surface area contributed by atoms with E-state index in [1.807, 2.05) is 18.2 Å². The molecule has 0 radical (unpaired) electrons. The molecule has 2 aromatic carbocycles. The van der Waals surface area contributed by atoms with Gasteiger partial charge in [0.05, 0.1) is 4.47 Å². The van der Waals surface area contributed by atoms with Crippen molar-refractivity contribution < 1.29 is 9.53 Å². The first-order valence-corrected chi connectivity index (χ1v) is 6.92. The molecule has 0 N–H and O–H groups in total. The lowest BCUT2D eigenvalue weighted by Crippen LogP contribution is -1.91. The Morgan fingerprint density at radius 2 is 1.95 bits per heavy atom. The molecule has 0 bridgehead atoms. The van der Waals surface area contributed by atoms with Crippen LogP contribution in [0.5, 0.6) is 11.5 Å². The van der Waals surface area contributed by atoms with E-state index in [4.69, 9.17) is 4.74 Å². The van der Waals surface area contributed by atoms with Crippen LogP contribution < -0.4 is 4.74 Å². The zero-order valence-corrected chi connectivity index (χ0v) is 12.5. The van der Waals surface area contributed by atoms with Crippen molar-refractivity contribution in [2.24, 2.45) is 0 Å². The van der Waals surface area contributed by atoms with E-state index in [-0.39, 0.29) is 0 Å². The fourth-order valence-corrected chi connectivity index (χ4v) is 2.21. The number of aldehydes is 1. The second kappa shape index (κ2) is 6.02. The van der Waals surface area contributed by atoms with Crippen molar-refractivity contribution in [1.82, 2.24) is 0 Å². The van der Waals surface area contributed by atoms with Gasteiger partial charge in [-0.25, -0.2) is 0 Å². The van der Waals surface area contributed by atoms with Crippen LogP contribution in [-0.4, -0.2) is 6.29 Å². The molecule has 0 spiro atoms. The third-order valence-electron chi connectivity index (χ3n) is 2.84. The van der Waals surface area contributed by atoms with Crippen LogP contribution in [0.3, 0.4) is 0 Å². The molecule has 2 nitrogen and oxygen atoms in total. The standard InChI is InChI=1S/C16H15BrO2/c1-11(2)13-4-3-5-14(9-13)19-16-7-6-12(10-18)8-15(16)17/h3-11H,1-2H3. The minimum absolute atomic E-state index is 0.462. The van der Waals surface area contributed by atoms with Crippen LogP contribution in [0.25, 0.3) is 0 Å². The fourth-order valence-electron chi connectivity index (χ4n) is 1.74. The minimum atomic E-state index is 0.462. The van der Waals surface area contributed by atoms with Crippen LogP contribution in [0.15, 0.2) is 46.9 Å². The Morgan fingerprint density at radius 1 is 1.16 bits per heavy atom. The molecule has 3 heteroatoms. The molecule has 0 aliphatic carbocycles. The predicted molar refractivity (Wildman–Crippen MR) is 80.1 cm³/mol. The van der Waals surface area contributed by atoms with Crippen LogP contribution >= 0.6 is 15.9 Å². The summed E-state index contributed by atoms with van der Waals surface area (Å²) < 4.78 is 6.61. The third-order valence-corrected chi connectivity index (χ3v) is 3.46. The largest absolute Gasteiger partial charge is 0.456 e. The Morgan fingerprint density at radius 3 is 2.58 bits per heavy atom.